The highest BCUT2D eigenvalue weighted by Gasteiger charge is 2.24. The Labute approximate surface area is 154 Å². The van der Waals surface area contributed by atoms with Crippen molar-refractivity contribution in [3.8, 4) is 28.4 Å². The van der Waals surface area contributed by atoms with E-state index >= 15 is 0 Å². The van der Waals surface area contributed by atoms with Crippen molar-refractivity contribution in [2.24, 2.45) is 0 Å². The van der Waals surface area contributed by atoms with Crippen LogP contribution < -0.4 is 9.47 Å². The first-order valence-electron chi connectivity index (χ1n) is 8.65. The van der Waals surface area contributed by atoms with Gasteiger partial charge in [0.2, 0.25) is 0 Å². The fourth-order valence-electron chi connectivity index (χ4n) is 2.83. The van der Waals surface area contributed by atoms with Gasteiger partial charge in [-0.2, -0.15) is 13.9 Å². The van der Waals surface area contributed by atoms with Crippen LogP contribution in [0.2, 0.25) is 0 Å². The van der Waals surface area contributed by atoms with Crippen molar-refractivity contribution in [2.75, 3.05) is 0 Å². The Hall–Kier alpha value is -2.93. The summed E-state index contributed by atoms with van der Waals surface area (Å²) in [4.78, 5) is 0. The van der Waals surface area contributed by atoms with Crippen molar-refractivity contribution in [2.45, 2.75) is 32.2 Å². The molecule has 1 aliphatic rings. The van der Waals surface area contributed by atoms with E-state index in [1.807, 2.05) is 24.3 Å². The number of aliphatic hydroxyl groups is 1. The van der Waals surface area contributed by atoms with Gasteiger partial charge in [-0.3, -0.25) is 0 Å². The maximum absolute atomic E-state index is 12.8. The molecule has 1 heterocycles. The highest BCUT2D eigenvalue weighted by molar-refractivity contribution is 5.66. The summed E-state index contributed by atoms with van der Waals surface area (Å²) >= 11 is 0. The van der Waals surface area contributed by atoms with Crippen LogP contribution >= 0.6 is 0 Å². The molecule has 0 saturated heterocycles. The zero-order valence-corrected chi connectivity index (χ0v) is 14.4. The molecule has 1 fully saturated rings. The minimum absolute atomic E-state index is 0.00623. The molecule has 0 atom stereocenters. The zero-order valence-electron chi connectivity index (χ0n) is 14.4. The van der Waals surface area contributed by atoms with Crippen LogP contribution in [0.4, 0.5) is 8.78 Å². The van der Waals surface area contributed by atoms with Gasteiger partial charge in [-0.1, -0.05) is 24.3 Å². The fraction of sp³-hybridized carbons (Fsp3) is 0.250. The van der Waals surface area contributed by atoms with E-state index in [1.54, 1.807) is 24.3 Å². The first-order valence-corrected chi connectivity index (χ1v) is 8.65. The maximum atomic E-state index is 12.8. The third-order valence-electron chi connectivity index (χ3n) is 4.19. The highest BCUT2D eigenvalue weighted by atomic mass is 19.3. The molecule has 0 bridgehead atoms. The Kier molecular flexibility index (Phi) is 4.77. The number of para-hydroxylation sites is 2. The summed E-state index contributed by atoms with van der Waals surface area (Å²) in [6, 6.07) is 15.6. The SMILES string of the molecule is OCc1cc(-c2cccc(OC3CC3)c2)n(-c2ccccc2OC(F)F)n1. The smallest absolute Gasteiger partial charge is 0.387 e. The van der Waals surface area contributed by atoms with E-state index in [-0.39, 0.29) is 18.5 Å². The second kappa shape index (κ2) is 7.36. The molecule has 0 radical (unpaired) electrons. The van der Waals surface area contributed by atoms with E-state index in [2.05, 4.69) is 9.84 Å². The van der Waals surface area contributed by atoms with Crippen LogP contribution in [0.1, 0.15) is 18.5 Å². The molecule has 2 aromatic carbocycles. The molecule has 1 N–H and O–H groups in total. The topological polar surface area (TPSA) is 56.5 Å². The number of nitrogens with zero attached hydrogens (tertiary/aromatic N) is 2. The summed E-state index contributed by atoms with van der Waals surface area (Å²) < 4.78 is 37.5. The monoisotopic (exact) mass is 372 g/mol. The predicted octanol–water partition coefficient (Wildman–Crippen LogP) is 4.17. The van der Waals surface area contributed by atoms with Crippen molar-refractivity contribution in [3.05, 3.63) is 60.3 Å². The van der Waals surface area contributed by atoms with Gasteiger partial charge in [0.1, 0.15) is 11.4 Å². The average Bonchev–Trinajstić information content (AvgIpc) is 3.37. The molecule has 0 unspecified atom stereocenters. The first-order chi connectivity index (χ1) is 13.1. The third-order valence-corrected chi connectivity index (χ3v) is 4.19. The van der Waals surface area contributed by atoms with Crippen molar-refractivity contribution in [1.82, 2.24) is 9.78 Å². The predicted molar refractivity (Wildman–Crippen MR) is 95.2 cm³/mol. The minimum Gasteiger partial charge on any atom is -0.490 e. The van der Waals surface area contributed by atoms with E-state index in [0.29, 0.717) is 17.1 Å². The molecule has 0 spiro atoms. The average molecular weight is 372 g/mol. The van der Waals surface area contributed by atoms with Crippen LogP contribution in [0.3, 0.4) is 0 Å². The van der Waals surface area contributed by atoms with Gasteiger partial charge in [0.25, 0.3) is 0 Å². The molecule has 1 aromatic heterocycles. The van der Waals surface area contributed by atoms with Crippen LogP contribution in [-0.4, -0.2) is 27.6 Å². The number of halogens is 2. The molecular weight excluding hydrogens is 354 g/mol. The number of aliphatic hydroxyl groups excluding tert-OH is 1. The number of alkyl halides is 2. The van der Waals surface area contributed by atoms with Crippen LogP contribution in [0.5, 0.6) is 11.5 Å². The molecule has 4 rings (SSSR count). The number of hydrogen-bond acceptors (Lipinski definition) is 4. The Morgan fingerprint density at radius 3 is 2.67 bits per heavy atom. The first kappa shape index (κ1) is 17.5. The van der Waals surface area contributed by atoms with Crippen molar-refractivity contribution in [3.63, 3.8) is 0 Å². The van der Waals surface area contributed by atoms with Gasteiger partial charge in [0.05, 0.1) is 24.1 Å². The Morgan fingerprint density at radius 1 is 1.11 bits per heavy atom. The summed E-state index contributed by atoms with van der Waals surface area (Å²) in [6.45, 7) is -3.21. The maximum Gasteiger partial charge on any atom is 0.387 e. The number of ether oxygens (including phenoxy) is 2. The second-order valence-electron chi connectivity index (χ2n) is 6.28. The minimum atomic E-state index is -2.95. The molecule has 5 nitrogen and oxygen atoms in total. The Morgan fingerprint density at radius 2 is 1.93 bits per heavy atom. The largest absolute Gasteiger partial charge is 0.490 e. The summed E-state index contributed by atoms with van der Waals surface area (Å²) in [7, 11) is 0. The number of aromatic nitrogens is 2. The quantitative estimate of drug-likeness (QED) is 0.676. The third kappa shape index (κ3) is 3.93. The van der Waals surface area contributed by atoms with Crippen LogP contribution in [0, 0.1) is 0 Å². The lowest BCUT2D eigenvalue weighted by molar-refractivity contribution is -0.0498. The number of benzene rings is 2. The molecule has 3 aromatic rings. The van der Waals surface area contributed by atoms with E-state index < -0.39 is 6.61 Å². The van der Waals surface area contributed by atoms with E-state index in [9.17, 15) is 13.9 Å². The lowest BCUT2D eigenvalue weighted by atomic mass is 10.1. The fourth-order valence-corrected chi connectivity index (χ4v) is 2.83. The van der Waals surface area contributed by atoms with E-state index in [4.69, 9.17) is 4.74 Å². The van der Waals surface area contributed by atoms with Crippen LogP contribution in [0.25, 0.3) is 16.9 Å². The van der Waals surface area contributed by atoms with Crippen molar-refractivity contribution < 1.29 is 23.4 Å². The van der Waals surface area contributed by atoms with Crippen molar-refractivity contribution >= 4 is 0 Å². The summed E-state index contributed by atoms with van der Waals surface area (Å²) in [5.74, 6) is 0.747. The van der Waals surface area contributed by atoms with Gasteiger partial charge in [-0.05, 0) is 43.2 Å². The Balaban J connectivity index is 1.78. The van der Waals surface area contributed by atoms with Crippen LogP contribution in [0.15, 0.2) is 54.6 Å². The van der Waals surface area contributed by atoms with Gasteiger partial charge in [-0.25, -0.2) is 4.68 Å². The molecule has 27 heavy (non-hydrogen) atoms. The number of hydrogen-bond donors (Lipinski definition) is 1. The number of rotatable bonds is 7. The molecule has 7 heteroatoms. The lowest BCUT2D eigenvalue weighted by Crippen LogP contribution is -2.07. The molecule has 0 amide bonds. The molecule has 0 aliphatic heterocycles. The summed E-state index contributed by atoms with van der Waals surface area (Å²) in [5.41, 5.74) is 2.23. The van der Waals surface area contributed by atoms with Gasteiger partial charge in [-0.15, -0.1) is 0 Å². The highest BCUT2D eigenvalue weighted by Crippen LogP contribution is 2.33. The molecular formula is C20H18F2N2O3. The van der Waals surface area contributed by atoms with Crippen molar-refractivity contribution in [1.29, 1.82) is 0 Å². The van der Waals surface area contributed by atoms with Gasteiger partial charge in [0.15, 0.2) is 5.75 Å². The van der Waals surface area contributed by atoms with Crippen LogP contribution in [-0.2, 0) is 6.61 Å². The summed E-state index contributed by atoms with van der Waals surface area (Å²) in [6.07, 6.45) is 2.36. The summed E-state index contributed by atoms with van der Waals surface area (Å²) in [5, 5.41) is 13.9. The van der Waals surface area contributed by atoms with Gasteiger partial charge in [0, 0.05) is 5.56 Å². The van der Waals surface area contributed by atoms with Gasteiger partial charge >= 0.3 is 6.61 Å². The molecule has 140 valence electrons. The zero-order chi connectivity index (χ0) is 18.8. The second-order valence-corrected chi connectivity index (χ2v) is 6.28. The van der Waals surface area contributed by atoms with E-state index in [1.165, 1.54) is 10.7 Å². The van der Waals surface area contributed by atoms with E-state index in [0.717, 1.165) is 24.2 Å². The lowest BCUT2D eigenvalue weighted by Gasteiger charge is -2.13. The van der Waals surface area contributed by atoms with Gasteiger partial charge < -0.3 is 14.6 Å². The standard InChI is InChI=1S/C20H18F2N2O3/c21-20(22)27-19-7-2-1-6-17(19)24-18(11-14(12-25)23-24)13-4-3-5-16(10-13)26-15-8-9-15/h1-7,10-11,15,20,25H,8-9,12H2. The molecule has 1 saturated carbocycles. The normalized spacial score (nSPS) is 13.8. The molecule has 1 aliphatic carbocycles. The Bertz CT molecular complexity index is 938.